The first-order chi connectivity index (χ1) is 9.22. The largest absolute Gasteiger partial charge is 0.351 e. The molecule has 0 radical (unpaired) electrons. The van der Waals surface area contributed by atoms with Crippen LogP contribution in [0.3, 0.4) is 0 Å². The highest BCUT2D eigenvalue weighted by atomic mass is 15.3. The zero-order chi connectivity index (χ0) is 13.7. The first kappa shape index (κ1) is 13.5. The Morgan fingerprint density at radius 2 is 1.95 bits per heavy atom. The molecule has 0 aliphatic rings. The van der Waals surface area contributed by atoms with Crippen molar-refractivity contribution in [1.82, 2.24) is 25.0 Å². The Hall–Kier alpha value is -1.98. The number of anilines is 1. The highest BCUT2D eigenvalue weighted by Crippen LogP contribution is 2.06. The lowest BCUT2D eigenvalue weighted by molar-refractivity contribution is 0.634. The second kappa shape index (κ2) is 6.26. The van der Waals surface area contributed by atoms with Gasteiger partial charge in [-0.05, 0) is 25.3 Å². The fourth-order valence-electron chi connectivity index (χ4n) is 1.88. The highest BCUT2D eigenvalue weighted by molar-refractivity contribution is 5.25. The SMILES string of the molecule is CCc1nnc(NCCn2cc(C)cn2)nc1CC. The normalized spacial score (nSPS) is 10.7. The molecule has 102 valence electrons. The van der Waals surface area contributed by atoms with Crippen molar-refractivity contribution in [3.63, 3.8) is 0 Å². The van der Waals surface area contributed by atoms with E-state index in [1.54, 1.807) is 0 Å². The molecule has 0 aromatic carbocycles. The van der Waals surface area contributed by atoms with Gasteiger partial charge in [0.2, 0.25) is 5.95 Å². The van der Waals surface area contributed by atoms with E-state index in [9.17, 15) is 0 Å². The zero-order valence-corrected chi connectivity index (χ0v) is 11.7. The molecule has 1 N–H and O–H groups in total. The number of nitrogens with zero attached hydrogens (tertiary/aromatic N) is 5. The van der Waals surface area contributed by atoms with Crippen molar-refractivity contribution in [1.29, 1.82) is 0 Å². The molecule has 0 saturated heterocycles. The Morgan fingerprint density at radius 1 is 1.16 bits per heavy atom. The average Bonchev–Trinajstić information content (AvgIpc) is 2.84. The minimum absolute atomic E-state index is 0.595. The van der Waals surface area contributed by atoms with Crippen LogP contribution in [0.4, 0.5) is 5.95 Å². The van der Waals surface area contributed by atoms with E-state index in [4.69, 9.17) is 0 Å². The van der Waals surface area contributed by atoms with E-state index < -0.39 is 0 Å². The molecule has 6 nitrogen and oxygen atoms in total. The van der Waals surface area contributed by atoms with Crippen LogP contribution in [0.2, 0.25) is 0 Å². The van der Waals surface area contributed by atoms with E-state index in [2.05, 4.69) is 39.4 Å². The fraction of sp³-hybridized carbons (Fsp3) is 0.538. The van der Waals surface area contributed by atoms with Crippen molar-refractivity contribution in [3.05, 3.63) is 29.3 Å². The van der Waals surface area contributed by atoms with Crippen LogP contribution in [0, 0.1) is 6.92 Å². The van der Waals surface area contributed by atoms with Crippen LogP contribution in [0.5, 0.6) is 0 Å². The third kappa shape index (κ3) is 3.49. The van der Waals surface area contributed by atoms with Crippen LogP contribution in [0.25, 0.3) is 0 Å². The van der Waals surface area contributed by atoms with Crippen molar-refractivity contribution >= 4 is 5.95 Å². The molecule has 6 heteroatoms. The van der Waals surface area contributed by atoms with Crippen LogP contribution in [-0.4, -0.2) is 31.5 Å². The molecule has 0 spiro atoms. The summed E-state index contributed by atoms with van der Waals surface area (Å²) in [5.41, 5.74) is 3.17. The van der Waals surface area contributed by atoms with Crippen LogP contribution >= 0.6 is 0 Å². The maximum Gasteiger partial charge on any atom is 0.243 e. The van der Waals surface area contributed by atoms with Gasteiger partial charge in [-0.25, -0.2) is 4.98 Å². The third-order valence-corrected chi connectivity index (χ3v) is 2.90. The number of aromatic nitrogens is 5. The number of hydrogen-bond acceptors (Lipinski definition) is 5. The molecular formula is C13H20N6. The van der Waals surface area contributed by atoms with Gasteiger partial charge in [0, 0.05) is 12.7 Å². The third-order valence-electron chi connectivity index (χ3n) is 2.90. The van der Waals surface area contributed by atoms with Gasteiger partial charge in [0.15, 0.2) is 0 Å². The molecule has 0 amide bonds. The maximum atomic E-state index is 4.48. The molecule has 2 rings (SSSR count). The lowest BCUT2D eigenvalue weighted by atomic mass is 10.2. The molecule has 0 fully saturated rings. The van der Waals surface area contributed by atoms with Crippen LogP contribution in [-0.2, 0) is 19.4 Å². The molecule has 2 aromatic heterocycles. The Bertz CT molecular complexity index is 534. The Balaban J connectivity index is 1.92. The lowest BCUT2D eigenvalue weighted by Crippen LogP contribution is -2.14. The van der Waals surface area contributed by atoms with Gasteiger partial charge in [-0.15, -0.1) is 5.10 Å². The van der Waals surface area contributed by atoms with Crippen molar-refractivity contribution in [3.8, 4) is 0 Å². The summed E-state index contributed by atoms with van der Waals surface area (Å²) in [4.78, 5) is 4.48. The molecule has 0 unspecified atom stereocenters. The molecule has 0 aliphatic carbocycles. The van der Waals surface area contributed by atoms with Crippen LogP contribution in [0.1, 0.15) is 30.8 Å². The number of hydrogen-bond donors (Lipinski definition) is 1. The molecule has 19 heavy (non-hydrogen) atoms. The van der Waals surface area contributed by atoms with Gasteiger partial charge < -0.3 is 5.32 Å². The summed E-state index contributed by atoms with van der Waals surface area (Å²) in [6.07, 6.45) is 5.61. The second-order valence-electron chi connectivity index (χ2n) is 4.44. The number of aryl methyl sites for hydroxylation is 3. The van der Waals surface area contributed by atoms with E-state index in [1.165, 1.54) is 5.56 Å². The summed E-state index contributed by atoms with van der Waals surface area (Å²) in [5.74, 6) is 0.595. The van der Waals surface area contributed by atoms with Gasteiger partial charge in [0.05, 0.1) is 24.1 Å². The molecule has 0 atom stereocenters. The standard InChI is InChI=1S/C13H20N6/c1-4-11-12(5-2)17-18-13(16-11)14-6-7-19-9-10(3)8-15-19/h8-9H,4-7H2,1-3H3,(H,14,16,18). The number of rotatable bonds is 6. The first-order valence-electron chi connectivity index (χ1n) is 6.68. The van der Waals surface area contributed by atoms with E-state index in [-0.39, 0.29) is 0 Å². The smallest absolute Gasteiger partial charge is 0.243 e. The summed E-state index contributed by atoms with van der Waals surface area (Å²) >= 11 is 0. The molecular weight excluding hydrogens is 240 g/mol. The molecule has 0 bridgehead atoms. The monoisotopic (exact) mass is 260 g/mol. The van der Waals surface area contributed by atoms with Gasteiger partial charge in [-0.3, -0.25) is 4.68 Å². The molecule has 0 saturated carbocycles. The van der Waals surface area contributed by atoms with Crippen molar-refractivity contribution < 1.29 is 0 Å². The zero-order valence-electron chi connectivity index (χ0n) is 11.7. The number of nitrogens with one attached hydrogen (secondary N) is 1. The second-order valence-corrected chi connectivity index (χ2v) is 4.44. The van der Waals surface area contributed by atoms with E-state index in [1.807, 2.05) is 24.0 Å². The van der Waals surface area contributed by atoms with Crippen LogP contribution < -0.4 is 5.32 Å². The summed E-state index contributed by atoms with van der Waals surface area (Å²) in [6, 6.07) is 0. The highest BCUT2D eigenvalue weighted by Gasteiger charge is 2.05. The maximum absolute atomic E-state index is 4.48. The Labute approximate surface area is 113 Å². The van der Waals surface area contributed by atoms with Crippen molar-refractivity contribution in [2.75, 3.05) is 11.9 Å². The summed E-state index contributed by atoms with van der Waals surface area (Å²) in [6.45, 7) is 7.70. The Kier molecular flexibility index (Phi) is 4.43. The molecule has 0 aliphatic heterocycles. The average molecular weight is 260 g/mol. The van der Waals surface area contributed by atoms with E-state index >= 15 is 0 Å². The fourth-order valence-corrected chi connectivity index (χ4v) is 1.88. The topological polar surface area (TPSA) is 68.5 Å². The van der Waals surface area contributed by atoms with Gasteiger partial charge in [0.1, 0.15) is 0 Å². The minimum Gasteiger partial charge on any atom is -0.351 e. The van der Waals surface area contributed by atoms with Gasteiger partial charge in [-0.2, -0.15) is 10.2 Å². The Morgan fingerprint density at radius 3 is 2.58 bits per heavy atom. The van der Waals surface area contributed by atoms with E-state index in [0.717, 1.165) is 37.3 Å². The van der Waals surface area contributed by atoms with E-state index in [0.29, 0.717) is 5.95 Å². The van der Waals surface area contributed by atoms with Crippen molar-refractivity contribution in [2.45, 2.75) is 40.2 Å². The summed E-state index contributed by atoms with van der Waals surface area (Å²) in [5, 5.41) is 15.7. The van der Waals surface area contributed by atoms with Crippen molar-refractivity contribution in [2.24, 2.45) is 0 Å². The molecule has 2 heterocycles. The summed E-state index contributed by atoms with van der Waals surface area (Å²) < 4.78 is 1.90. The van der Waals surface area contributed by atoms with Crippen LogP contribution in [0.15, 0.2) is 12.4 Å². The predicted molar refractivity (Wildman–Crippen MR) is 74.0 cm³/mol. The summed E-state index contributed by atoms with van der Waals surface area (Å²) in [7, 11) is 0. The quantitative estimate of drug-likeness (QED) is 0.854. The predicted octanol–water partition coefficient (Wildman–Crippen LogP) is 1.61. The first-order valence-corrected chi connectivity index (χ1v) is 6.68. The molecule has 2 aromatic rings. The lowest BCUT2D eigenvalue weighted by Gasteiger charge is -2.07. The van der Waals surface area contributed by atoms with Gasteiger partial charge in [-0.1, -0.05) is 13.8 Å². The minimum atomic E-state index is 0.595. The van der Waals surface area contributed by atoms with Gasteiger partial charge >= 0.3 is 0 Å². The van der Waals surface area contributed by atoms with Gasteiger partial charge in [0.25, 0.3) is 0 Å².